The van der Waals surface area contributed by atoms with Crippen molar-refractivity contribution in [2.24, 2.45) is 0 Å². The monoisotopic (exact) mass is 284 g/mol. The van der Waals surface area contributed by atoms with E-state index in [4.69, 9.17) is 0 Å². The van der Waals surface area contributed by atoms with Gasteiger partial charge in [-0.15, -0.1) is 0 Å². The van der Waals surface area contributed by atoms with Crippen LogP contribution >= 0.6 is 0 Å². The highest BCUT2D eigenvalue weighted by atomic mass is 19.4. The second kappa shape index (κ2) is 5.72. The third kappa shape index (κ3) is 4.08. The number of alkyl halides is 3. The van der Waals surface area contributed by atoms with E-state index in [2.05, 4.69) is 10.1 Å². The van der Waals surface area contributed by atoms with Crippen molar-refractivity contribution < 1.29 is 18.0 Å². The van der Waals surface area contributed by atoms with Crippen LogP contribution in [0.2, 0.25) is 0 Å². The molecule has 2 rings (SSSR count). The highest BCUT2D eigenvalue weighted by Crippen LogP contribution is 2.13. The van der Waals surface area contributed by atoms with E-state index in [1.165, 1.54) is 18.5 Å². The average molecular weight is 284 g/mol. The van der Waals surface area contributed by atoms with Crippen LogP contribution in [0.5, 0.6) is 0 Å². The molecular weight excluding hydrogens is 273 g/mol. The summed E-state index contributed by atoms with van der Waals surface area (Å²) in [4.78, 5) is 15.3. The molecule has 0 radical (unpaired) electrons. The molecule has 0 fully saturated rings. The van der Waals surface area contributed by atoms with Gasteiger partial charge in [-0.1, -0.05) is 12.1 Å². The molecule has 1 aromatic heterocycles. The number of hydrogen-bond donors (Lipinski definition) is 1. The van der Waals surface area contributed by atoms with Crippen molar-refractivity contribution in [3.05, 3.63) is 48.0 Å². The predicted molar refractivity (Wildman–Crippen MR) is 64.0 cm³/mol. The molecule has 1 N–H and O–H groups in total. The molecule has 5 nitrogen and oxygen atoms in total. The van der Waals surface area contributed by atoms with Crippen LogP contribution in [-0.2, 0) is 6.54 Å². The number of carbonyl (C=O) groups is 1. The highest BCUT2D eigenvalue weighted by Gasteiger charge is 2.27. The zero-order valence-corrected chi connectivity index (χ0v) is 10.3. The van der Waals surface area contributed by atoms with Gasteiger partial charge in [0, 0.05) is 5.56 Å². The molecule has 1 heterocycles. The van der Waals surface area contributed by atoms with Crippen LogP contribution in [-0.4, -0.2) is 33.4 Å². The van der Waals surface area contributed by atoms with E-state index in [0.29, 0.717) is 6.54 Å². The van der Waals surface area contributed by atoms with Crippen molar-refractivity contribution in [1.29, 1.82) is 0 Å². The largest absolute Gasteiger partial charge is 0.405 e. The number of amides is 1. The third-order valence-electron chi connectivity index (χ3n) is 2.48. The van der Waals surface area contributed by atoms with Crippen molar-refractivity contribution in [2.75, 3.05) is 6.54 Å². The third-order valence-corrected chi connectivity index (χ3v) is 2.48. The van der Waals surface area contributed by atoms with Gasteiger partial charge in [0.15, 0.2) is 0 Å². The number of rotatable bonds is 4. The number of nitrogens with zero attached hydrogens (tertiary/aromatic N) is 3. The van der Waals surface area contributed by atoms with Gasteiger partial charge in [-0.2, -0.15) is 18.3 Å². The molecule has 0 atom stereocenters. The van der Waals surface area contributed by atoms with Gasteiger partial charge in [0.05, 0.1) is 6.54 Å². The van der Waals surface area contributed by atoms with Crippen molar-refractivity contribution >= 4 is 5.91 Å². The minimum absolute atomic E-state index is 0.177. The summed E-state index contributed by atoms with van der Waals surface area (Å²) in [6.45, 7) is -0.864. The summed E-state index contributed by atoms with van der Waals surface area (Å²) in [6, 6.07) is 6.25. The molecule has 20 heavy (non-hydrogen) atoms. The molecule has 0 aliphatic heterocycles. The first-order chi connectivity index (χ1) is 9.44. The first-order valence-electron chi connectivity index (χ1n) is 5.70. The Morgan fingerprint density at radius 3 is 2.50 bits per heavy atom. The maximum Gasteiger partial charge on any atom is 0.405 e. The molecule has 106 valence electrons. The van der Waals surface area contributed by atoms with Gasteiger partial charge < -0.3 is 5.32 Å². The number of benzene rings is 1. The van der Waals surface area contributed by atoms with Crippen LogP contribution in [0.1, 0.15) is 15.9 Å². The van der Waals surface area contributed by atoms with Crippen LogP contribution in [0, 0.1) is 0 Å². The summed E-state index contributed by atoms with van der Waals surface area (Å²) in [5.41, 5.74) is 1.04. The SMILES string of the molecule is O=C(NCC(F)(F)F)c1ccc(Cn2cncn2)cc1. The molecular formula is C12H11F3N4O. The number of nitrogens with one attached hydrogen (secondary N) is 1. The molecule has 2 aromatic rings. The average Bonchev–Trinajstić information content (AvgIpc) is 2.89. The van der Waals surface area contributed by atoms with Gasteiger partial charge in [-0.3, -0.25) is 4.79 Å². The molecule has 0 bridgehead atoms. The summed E-state index contributed by atoms with van der Waals surface area (Å²) in [7, 11) is 0. The number of halogens is 3. The van der Waals surface area contributed by atoms with Crippen molar-refractivity contribution in [3.63, 3.8) is 0 Å². The van der Waals surface area contributed by atoms with Crippen LogP contribution in [0.15, 0.2) is 36.9 Å². The first-order valence-corrected chi connectivity index (χ1v) is 5.70. The second-order valence-corrected chi connectivity index (χ2v) is 4.09. The lowest BCUT2D eigenvalue weighted by Gasteiger charge is -2.08. The standard InChI is InChI=1S/C12H11F3N4O/c13-12(14,15)6-17-11(20)10-3-1-9(2-4-10)5-19-8-16-7-18-19/h1-4,7-8H,5-6H2,(H,17,20). The van der Waals surface area contributed by atoms with E-state index in [1.807, 2.05) is 5.32 Å². The van der Waals surface area contributed by atoms with Gasteiger partial charge in [0.1, 0.15) is 19.2 Å². The topological polar surface area (TPSA) is 59.8 Å². The minimum Gasteiger partial charge on any atom is -0.343 e. The summed E-state index contributed by atoms with van der Waals surface area (Å²) in [5, 5.41) is 5.74. The normalized spacial score (nSPS) is 11.3. The maximum absolute atomic E-state index is 12.0. The Hall–Kier alpha value is -2.38. The Labute approximate surface area is 112 Å². The Balaban J connectivity index is 1.95. The second-order valence-electron chi connectivity index (χ2n) is 4.09. The maximum atomic E-state index is 12.0. The number of hydrogen-bond acceptors (Lipinski definition) is 3. The predicted octanol–water partition coefficient (Wildman–Crippen LogP) is 1.62. The quantitative estimate of drug-likeness (QED) is 0.928. The van der Waals surface area contributed by atoms with E-state index in [-0.39, 0.29) is 5.56 Å². The molecule has 1 amide bonds. The molecule has 0 aliphatic rings. The molecule has 0 saturated heterocycles. The van der Waals surface area contributed by atoms with Gasteiger partial charge in [-0.25, -0.2) is 9.67 Å². The highest BCUT2D eigenvalue weighted by molar-refractivity contribution is 5.94. The fraction of sp³-hybridized carbons (Fsp3) is 0.250. The lowest BCUT2D eigenvalue weighted by molar-refractivity contribution is -0.123. The van der Waals surface area contributed by atoms with Crippen molar-refractivity contribution in [1.82, 2.24) is 20.1 Å². The van der Waals surface area contributed by atoms with Crippen LogP contribution in [0.4, 0.5) is 13.2 Å². The van der Waals surface area contributed by atoms with E-state index in [1.54, 1.807) is 23.1 Å². The fourth-order valence-electron chi connectivity index (χ4n) is 1.55. The number of aromatic nitrogens is 3. The summed E-state index contributed by atoms with van der Waals surface area (Å²) in [6.07, 6.45) is -1.47. The molecule has 0 spiro atoms. The zero-order chi connectivity index (χ0) is 14.6. The van der Waals surface area contributed by atoms with Gasteiger partial charge >= 0.3 is 6.18 Å². The minimum atomic E-state index is -4.41. The van der Waals surface area contributed by atoms with E-state index < -0.39 is 18.6 Å². The molecule has 0 unspecified atom stereocenters. The summed E-state index contributed by atoms with van der Waals surface area (Å²) < 4.78 is 37.5. The molecule has 0 aliphatic carbocycles. The van der Waals surface area contributed by atoms with E-state index in [0.717, 1.165) is 5.56 Å². The van der Waals surface area contributed by atoms with Crippen LogP contribution < -0.4 is 5.32 Å². The Morgan fingerprint density at radius 1 is 1.25 bits per heavy atom. The summed E-state index contributed by atoms with van der Waals surface area (Å²) >= 11 is 0. The van der Waals surface area contributed by atoms with Gasteiger partial charge in [0.2, 0.25) is 0 Å². The fourth-order valence-corrected chi connectivity index (χ4v) is 1.55. The van der Waals surface area contributed by atoms with Crippen molar-refractivity contribution in [2.45, 2.75) is 12.7 Å². The molecule has 1 aromatic carbocycles. The lowest BCUT2D eigenvalue weighted by Crippen LogP contribution is -2.33. The number of carbonyl (C=O) groups excluding carboxylic acids is 1. The smallest absolute Gasteiger partial charge is 0.343 e. The zero-order valence-electron chi connectivity index (χ0n) is 10.3. The Kier molecular flexibility index (Phi) is 4.02. The van der Waals surface area contributed by atoms with Crippen molar-refractivity contribution in [3.8, 4) is 0 Å². The molecule has 0 saturated carbocycles. The Bertz CT molecular complexity index is 563. The molecule has 8 heteroatoms. The van der Waals surface area contributed by atoms with Gasteiger partial charge in [0.25, 0.3) is 5.91 Å². The van der Waals surface area contributed by atoms with Crippen LogP contribution in [0.3, 0.4) is 0 Å². The van der Waals surface area contributed by atoms with Crippen LogP contribution in [0.25, 0.3) is 0 Å². The van der Waals surface area contributed by atoms with E-state index >= 15 is 0 Å². The van der Waals surface area contributed by atoms with E-state index in [9.17, 15) is 18.0 Å². The first kappa shape index (κ1) is 14.0. The summed E-state index contributed by atoms with van der Waals surface area (Å²) in [5.74, 6) is -0.755. The Morgan fingerprint density at radius 2 is 1.95 bits per heavy atom. The van der Waals surface area contributed by atoms with Gasteiger partial charge in [-0.05, 0) is 17.7 Å². The lowest BCUT2D eigenvalue weighted by atomic mass is 10.1.